The average molecular weight is 287 g/mol. The van der Waals surface area contributed by atoms with Crippen molar-refractivity contribution in [2.45, 2.75) is 38.6 Å². The van der Waals surface area contributed by atoms with Crippen LogP contribution in [0, 0.1) is 5.92 Å². The molecule has 0 bridgehead atoms. The van der Waals surface area contributed by atoms with Crippen LogP contribution in [0.2, 0.25) is 0 Å². The first kappa shape index (κ1) is 13.6. The van der Waals surface area contributed by atoms with E-state index in [1.807, 2.05) is 30.1 Å². The van der Waals surface area contributed by atoms with Gasteiger partial charge in [0, 0.05) is 17.8 Å². The predicted octanol–water partition coefficient (Wildman–Crippen LogP) is 4.55. The van der Waals surface area contributed by atoms with Crippen molar-refractivity contribution in [1.82, 2.24) is 4.90 Å². The molecule has 0 radical (unpaired) electrons. The highest BCUT2D eigenvalue weighted by Crippen LogP contribution is 2.31. The summed E-state index contributed by atoms with van der Waals surface area (Å²) < 4.78 is 1.20. The number of nitrogens with zero attached hydrogens (tertiary/aromatic N) is 1. The summed E-state index contributed by atoms with van der Waals surface area (Å²) >= 11 is 1.61. The molecular formula is C17H21NOS. The Balaban J connectivity index is 1.83. The van der Waals surface area contributed by atoms with Crippen LogP contribution in [-0.2, 0) is 0 Å². The molecule has 0 saturated heterocycles. The lowest BCUT2D eigenvalue weighted by Gasteiger charge is -2.36. The zero-order chi connectivity index (χ0) is 14.1. The van der Waals surface area contributed by atoms with Gasteiger partial charge in [0.05, 0.1) is 4.88 Å². The minimum atomic E-state index is 0.185. The van der Waals surface area contributed by atoms with Crippen LogP contribution >= 0.6 is 11.3 Å². The first-order chi connectivity index (χ1) is 9.66. The van der Waals surface area contributed by atoms with Crippen LogP contribution in [0.1, 0.15) is 42.3 Å². The second-order valence-electron chi connectivity index (χ2n) is 5.89. The van der Waals surface area contributed by atoms with Crippen molar-refractivity contribution >= 4 is 27.3 Å². The molecule has 3 heteroatoms. The van der Waals surface area contributed by atoms with Crippen molar-refractivity contribution in [3.8, 4) is 0 Å². The van der Waals surface area contributed by atoms with Crippen molar-refractivity contribution in [2.24, 2.45) is 5.92 Å². The lowest BCUT2D eigenvalue weighted by atomic mass is 9.85. The Hall–Kier alpha value is -1.35. The van der Waals surface area contributed by atoms with Gasteiger partial charge in [-0.3, -0.25) is 4.79 Å². The molecule has 2 unspecified atom stereocenters. The van der Waals surface area contributed by atoms with E-state index in [1.54, 1.807) is 11.3 Å². The van der Waals surface area contributed by atoms with Crippen LogP contribution in [0.15, 0.2) is 30.3 Å². The average Bonchev–Trinajstić information content (AvgIpc) is 2.90. The van der Waals surface area contributed by atoms with Crippen molar-refractivity contribution < 1.29 is 4.79 Å². The highest BCUT2D eigenvalue weighted by Gasteiger charge is 2.28. The van der Waals surface area contributed by atoms with Crippen LogP contribution in [-0.4, -0.2) is 23.9 Å². The molecule has 1 amide bonds. The SMILES string of the molecule is CC1CCCCC1N(C)C(=O)c1cc2ccccc2s1. The monoisotopic (exact) mass is 287 g/mol. The number of thiophene rings is 1. The summed E-state index contributed by atoms with van der Waals surface area (Å²) in [5.41, 5.74) is 0. The van der Waals surface area contributed by atoms with Gasteiger partial charge in [0.2, 0.25) is 0 Å². The standard InChI is InChI=1S/C17H21NOS/c1-12-7-3-5-9-14(12)18(2)17(19)16-11-13-8-4-6-10-15(13)20-16/h4,6,8,10-12,14H,3,5,7,9H2,1-2H3. The van der Waals surface area contributed by atoms with Gasteiger partial charge < -0.3 is 4.90 Å². The number of fused-ring (bicyclic) bond motifs is 1. The predicted molar refractivity (Wildman–Crippen MR) is 85.3 cm³/mol. The van der Waals surface area contributed by atoms with E-state index in [4.69, 9.17) is 0 Å². The molecule has 2 atom stereocenters. The number of carbonyl (C=O) groups is 1. The van der Waals surface area contributed by atoms with Gasteiger partial charge in [-0.1, -0.05) is 38.0 Å². The fourth-order valence-electron chi connectivity index (χ4n) is 3.28. The highest BCUT2D eigenvalue weighted by atomic mass is 32.1. The van der Waals surface area contributed by atoms with Crippen LogP contribution < -0.4 is 0 Å². The molecule has 0 spiro atoms. The highest BCUT2D eigenvalue weighted by molar-refractivity contribution is 7.20. The fourth-order valence-corrected chi connectivity index (χ4v) is 4.33. The summed E-state index contributed by atoms with van der Waals surface area (Å²) in [6, 6.07) is 10.6. The maximum absolute atomic E-state index is 12.7. The summed E-state index contributed by atoms with van der Waals surface area (Å²) in [5.74, 6) is 0.803. The molecule has 1 saturated carbocycles. The zero-order valence-electron chi connectivity index (χ0n) is 12.1. The number of rotatable bonds is 2. The Morgan fingerprint density at radius 1 is 1.25 bits per heavy atom. The topological polar surface area (TPSA) is 20.3 Å². The molecule has 1 aliphatic carbocycles. The third kappa shape index (κ3) is 2.47. The van der Waals surface area contributed by atoms with E-state index in [9.17, 15) is 4.79 Å². The normalized spacial score (nSPS) is 22.9. The quantitative estimate of drug-likeness (QED) is 0.793. The van der Waals surface area contributed by atoms with Gasteiger partial charge in [0.1, 0.15) is 0 Å². The Kier molecular flexibility index (Phi) is 3.79. The van der Waals surface area contributed by atoms with Gasteiger partial charge in [0.15, 0.2) is 0 Å². The summed E-state index contributed by atoms with van der Waals surface area (Å²) in [5, 5.41) is 1.17. The molecule has 1 aromatic heterocycles. The summed E-state index contributed by atoms with van der Waals surface area (Å²) in [7, 11) is 1.97. The minimum Gasteiger partial charge on any atom is -0.338 e. The van der Waals surface area contributed by atoms with Gasteiger partial charge in [-0.25, -0.2) is 0 Å². The number of benzene rings is 1. The number of amides is 1. The Labute approximate surface area is 124 Å². The zero-order valence-corrected chi connectivity index (χ0v) is 13.0. The van der Waals surface area contributed by atoms with Crippen molar-refractivity contribution in [1.29, 1.82) is 0 Å². The molecule has 2 aromatic rings. The Bertz CT molecular complexity index is 585. The molecule has 106 valence electrons. The summed E-state index contributed by atoms with van der Waals surface area (Å²) in [4.78, 5) is 15.5. The molecule has 0 N–H and O–H groups in total. The van der Waals surface area contributed by atoms with Gasteiger partial charge in [0.25, 0.3) is 5.91 Å². The molecule has 1 aromatic carbocycles. The number of carbonyl (C=O) groups excluding carboxylic acids is 1. The molecule has 2 nitrogen and oxygen atoms in total. The van der Waals surface area contributed by atoms with E-state index >= 15 is 0 Å². The third-order valence-corrected chi connectivity index (χ3v) is 5.62. The molecule has 1 fully saturated rings. The minimum absolute atomic E-state index is 0.185. The third-order valence-electron chi connectivity index (χ3n) is 4.52. The maximum Gasteiger partial charge on any atom is 0.263 e. The summed E-state index contributed by atoms with van der Waals surface area (Å²) in [6.45, 7) is 2.28. The van der Waals surface area contributed by atoms with E-state index in [2.05, 4.69) is 19.1 Å². The fraction of sp³-hybridized carbons (Fsp3) is 0.471. The van der Waals surface area contributed by atoms with E-state index in [0.29, 0.717) is 12.0 Å². The van der Waals surface area contributed by atoms with Crippen molar-refractivity contribution in [3.05, 3.63) is 35.2 Å². The van der Waals surface area contributed by atoms with Crippen LogP contribution in [0.25, 0.3) is 10.1 Å². The molecule has 20 heavy (non-hydrogen) atoms. The molecule has 0 aliphatic heterocycles. The summed E-state index contributed by atoms with van der Waals surface area (Å²) in [6.07, 6.45) is 4.95. The Morgan fingerprint density at radius 3 is 2.75 bits per heavy atom. The van der Waals surface area contributed by atoms with Gasteiger partial charge >= 0.3 is 0 Å². The van der Waals surface area contributed by atoms with Gasteiger partial charge in [-0.2, -0.15) is 0 Å². The molecule has 1 heterocycles. The van der Waals surface area contributed by atoms with Crippen LogP contribution in [0.5, 0.6) is 0 Å². The second kappa shape index (κ2) is 5.57. The maximum atomic E-state index is 12.7. The van der Waals surface area contributed by atoms with Crippen molar-refractivity contribution in [3.63, 3.8) is 0 Å². The Morgan fingerprint density at radius 2 is 2.00 bits per heavy atom. The van der Waals surface area contributed by atoms with Gasteiger partial charge in [-0.05, 0) is 36.3 Å². The van der Waals surface area contributed by atoms with Crippen LogP contribution in [0.4, 0.5) is 0 Å². The first-order valence-electron chi connectivity index (χ1n) is 7.42. The van der Waals surface area contributed by atoms with E-state index in [0.717, 1.165) is 11.3 Å². The number of hydrogen-bond acceptors (Lipinski definition) is 2. The molecule has 1 aliphatic rings. The molecular weight excluding hydrogens is 266 g/mol. The number of hydrogen-bond donors (Lipinski definition) is 0. The molecule has 3 rings (SSSR count). The van der Waals surface area contributed by atoms with E-state index in [-0.39, 0.29) is 5.91 Å². The second-order valence-corrected chi connectivity index (χ2v) is 6.98. The lowest BCUT2D eigenvalue weighted by Crippen LogP contribution is -2.42. The lowest BCUT2D eigenvalue weighted by molar-refractivity contribution is 0.0634. The smallest absolute Gasteiger partial charge is 0.263 e. The van der Waals surface area contributed by atoms with Gasteiger partial charge in [-0.15, -0.1) is 11.3 Å². The van der Waals surface area contributed by atoms with E-state index in [1.165, 1.54) is 29.3 Å². The van der Waals surface area contributed by atoms with E-state index < -0.39 is 0 Å². The first-order valence-corrected chi connectivity index (χ1v) is 8.24. The van der Waals surface area contributed by atoms with Crippen molar-refractivity contribution in [2.75, 3.05) is 7.05 Å². The van der Waals surface area contributed by atoms with Crippen LogP contribution in [0.3, 0.4) is 0 Å². The largest absolute Gasteiger partial charge is 0.338 e.